The van der Waals surface area contributed by atoms with Crippen molar-refractivity contribution in [2.24, 2.45) is 0 Å². The number of fused-ring (bicyclic) bond motifs is 1. The van der Waals surface area contributed by atoms with E-state index < -0.39 is 0 Å². The molecule has 4 aromatic rings. The summed E-state index contributed by atoms with van der Waals surface area (Å²) >= 11 is 0. The second-order valence-corrected chi connectivity index (χ2v) is 8.62. The van der Waals surface area contributed by atoms with Crippen LogP contribution in [-0.4, -0.2) is 30.8 Å². The summed E-state index contributed by atoms with van der Waals surface area (Å²) in [4.78, 5) is 4.32. The highest BCUT2D eigenvalue weighted by Crippen LogP contribution is 2.36. The first-order valence-corrected chi connectivity index (χ1v) is 10.6. The Labute approximate surface area is 177 Å². The zero-order chi connectivity index (χ0) is 21.4. The number of aromatic nitrogens is 5. The van der Waals surface area contributed by atoms with Crippen molar-refractivity contribution < 1.29 is 0 Å². The molecule has 1 aromatic carbocycles. The summed E-state index contributed by atoms with van der Waals surface area (Å²) in [5.74, 6) is 0.321. The number of H-pyrrole nitrogens is 1. The van der Waals surface area contributed by atoms with Crippen LogP contribution in [0.4, 0.5) is 0 Å². The molecule has 0 saturated carbocycles. The summed E-state index contributed by atoms with van der Waals surface area (Å²) < 4.78 is 1.83. The van der Waals surface area contributed by atoms with Gasteiger partial charge in [-0.05, 0) is 37.0 Å². The Morgan fingerprint density at radius 3 is 2.40 bits per heavy atom. The lowest BCUT2D eigenvalue weighted by Gasteiger charge is -2.17. The fraction of sp³-hybridized carbons (Fsp3) is 0.375. The van der Waals surface area contributed by atoms with E-state index in [0.717, 1.165) is 33.7 Å². The Kier molecular flexibility index (Phi) is 5.43. The SMILES string of the molecule is Cc1cc(-c2[nH]nc(-c3ccc([C@@H](C)NC(C)C)cc3)c2C(C)C)cn2ncnc12. The van der Waals surface area contributed by atoms with Crippen LogP contribution in [0.1, 0.15) is 63.3 Å². The Morgan fingerprint density at radius 1 is 1.00 bits per heavy atom. The van der Waals surface area contributed by atoms with Crippen molar-refractivity contribution in [3.63, 3.8) is 0 Å². The van der Waals surface area contributed by atoms with Gasteiger partial charge >= 0.3 is 0 Å². The van der Waals surface area contributed by atoms with Gasteiger partial charge in [-0.25, -0.2) is 9.50 Å². The Balaban J connectivity index is 1.74. The van der Waals surface area contributed by atoms with E-state index in [1.54, 1.807) is 6.33 Å². The topological polar surface area (TPSA) is 70.9 Å². The van der Waals surface area contributed by atoms with Gasteiger partial charge in [0.15, 0.2) is 5.65 Å². The third-order valence-corrected chi connectivity index (χ3v) is 5.50. The summed E-state index contributed by atoms with van der Waals surface area (Å²) in [6.45, 7) is 13.0. The molecule has 3 aromatic heterocycles. The lowest BCUT2D eigenvalue weighted by atomic mass is 9.93. The van der Waals surface area contributed by atoms with Crippen LogP contribution in [0.3, 0.4) is 0 Å². The molecule has 1 atom stereocenters. The molecule has 0 aliphatic rings. The molecule has 0 spiro atoms. The van der Waals surface area contributed by atoms with Crippen LogP contribution in [0.25, 0.3) is 28.2 Å². The van der Waals surface area contributed by atoms with Crippen LogP contribution >= 0.6 is 0 Å². The van der Waals surface area contributed by atoms with Crippen molar-refractivity contribution in [3.05, 3.63) is 59.5 Å². The van der Waals surface area contributed by atoms with Gasteiger partial charge in [0.2, 0.25) is 0 Å². The van der Waals surface area contributed by atoms with Crippen LogP contribution in [0.2, 0.25) is 0 Å². The fourth-order valence-corrected chi connectivity index (χ4v) is 4.11. The molecule has 0 fully saturated rings. The molecular formula is C24H30N6. The molecule has 6 heteroatoms. The van der Waals surface area contributed by atoms with E-state index in [2.05, 4.69) is 92.4 Å². The third-order valence-electron chi connectivity index (χ3n) is 5.50. The predicted octanol–water partition coefficient (Wildman–Crippen LogP) is 5.28. The average Bonchev–Trinajstić information content (AvgIpc) is 3.34. The number of rotatable bonds is 6. The highest BCUT2D eigenvalue weighted by atomic mass is 15.3. The maximum Gasteiger partial charge on any atom is 0.158 e. The number of hydrogen-bond donors (Lipinski definition) is 2. The van der Waals surface area contributed by atoms with E-state index >= 15 is 0 Å². The van der Waals surface area contributed by atoms with E-state index in [4.69, 9.17) is 5.10 Å². The zero-order valence-corrected chi connectivity index (χ0v) is 18.6. The standard InChI is InChI=1S/C24H30N6/c1-14(2)21-22(19-9-7-18(8-10-19)17(6)27-15(3)4)28-29-23(21)20-11-16(5)24-25-13-26-30(24)12-20/h7-15,17,27H,1-6H3,(H,28,29)/t17-/m1/s1. The second-order valence-electron chi connectivity index (χ2n) is 8.62. The van der Waals surface area contributed by atoms with Crippen molar-refractivity contribution >= 4 is 5.65 Å². The average molecular weight is 403 g/mol. The van der Waals surface area contributed by atoms with E-state index in [9.17, 15) is 0 Å². The Morgan fingerprint density at radius 2 is 1.73 bits per heavy atom. The monoisotopic (exact) mass is 402 g/mol. The lowest BCUT2D eigenvalue weighted by Crippen LogP contribution is -2.25. The molecule has 0 radical (unpaired) electrons. The van der Waals surface area contributed by atoms with Crippen molar-refractivity contribution in [1.82, 2.24) is 30.1 Å². The van der Waals surface area contributed by atoms with Gasteiger partial charge < -0.3 is 5.32 Å². The quantitative estimate of drug-likeness (QED) is 0.460. The summed E-state index contributed by atoms with van der Waals surface area (Å²) in [6.07, 6.45) is 3.60. The van der Waals surface area contributed by atoms with Gasteiger partial charge in [0.1, 0.15) is 6.33 Å². The predicted molar refractivity (Wildman–Crippen MR) is 122 cm³/mol. The molecule has 156 valence electrons. The highest BCUT2D eigenvalue weighted by Gasteiger charge is 2.20. The molecule has 3 heterocycles. The van der Waals surface area contributed by atoms with Gasteiger partial charge in [-0.15, -0.1) is 0 Å². The maximum absolute atomic E-state index is 4.72. The minimum atomic E-state index is 0.316. The number of pyridine rings is 1. The molecule has 0 amide bonds. The van der Waals surface area contributed by atoms with E-state index in [0.29, 0.717) is 18.0 Å². The minimum absolute atomic E-state index is 0.316. The van der Waals surface area contributed by atoms with Crippen LogP contribution < -0.4 is 5.32 Å². The molecular weight excluding hydrogens is 372 g/mol. The van der Waals surface area contributed by atoms with Crippen LogP contribution in [0, 0.1) is 6.92 Å². The number of benzene rings is 1. The molecule has 6 nitrogen and oxygen atoms in total. The summed E-state index contributed by atoms with van der Waals surface area (Å²) in [5.41, 5.74) is 8.71. The first kappa shape index (κ1) is 20.3. The largest absolute Gasteiger partial charge is 0.308 e. The molecule has 4 rings (SSSR count). The van der Waals surface area contributed by atoms with Crippen molar-refractivity contribution in [2.75, 3.05) is 0 Å². The molecule has 30 heavy (non-hydrogen) atoms. The summed E-state index contributed by atoms with van der Waals surface area (Å²) in [6, 6.07) is 11.6. The number of aryl methyl sites for hydroxylation is 1. The van der Waals surface area contributed by atoms with E-state index in [-0.39, 0.29) is 0 Å². The second kappa shape index (κ2) is 8.03. The van der Waals surface area contributed by atoms with Crippen LogP contribution in [0.5, 0.6) is 0 Å². The van der Waals surface area contributed by atoms with Gasteiger partial charge in [-0.3, -0.25) is 5.10 Å². The summed E-state index contributed by atoms with van der Waals surface area (Å²) in [7, 11) is 0. The number of aromatic amines is 1. The normalized spacial score (nSPS) is 12.9. The van der Waals surface area contributed by atoms with Gasteiger partial charge in [-0.1, -0.05) is 52.0 Å². The van der Waals surface area contributed by atoms with Crippen LogP contribution in [-0.2, 0) is 0 Å². The number of nitrogens with zero attached hydrogens (tertiary/aromatic N) is 4. The summed E-state index contributed by atoms with van der Waals surface area (Å²) in [5, 5.41) is 15.9. The minimum Gasteiger partial charge on any atom is -0.308 e. The number of hydrogen-bond acceptors (Lipinski definition) is 4. The molecule has 0 bridgehead atoms. The molecule has 0 unspecified atom stereocenters. The van der Waals surface area contributed by atoms with Gasteiger partial charge in [0, 0.05) is 35.0 Å². The van der Waals surface area contributed by atoms with E-state index in [1.165, 1.54) is 11.1 Å². The Hall–Kier alpha value is -2.99. The van der Waals surface area contributed by atoms with Gasteiger partial charge in [0.25, 0.3) is 0 Å². The lowest BCUT2D eigenvalue weighted by molar-refractivity contribution is 0.506. The highest BCUT2D eigenvalue weighted by molar-refractivity contribution is 5.75. The van der Waals surface area contributed by atoms with Crippen molar-refractivity contribution in [2.45, 2.75) is 59.5 Å². The van der Waals surface area contributed by atoms with Crippen LogP contribution in [0.15, 0.2) is 42.9 Å². The van der Waals surface area contributed by atoms with Gasteiger partial charge in [-0.2, -0.15) is 10.2 Å². The van der Waals surface area contributed by atoms with Crippen molar-refractivity contribution in [1.29, 1.82) is 0 Å². The zero-order valence-electron chi connectivity index (χ0n) is 18.6. The smallest absolute Gasteiger partial charge is 0.158 e. The van der Waals surface area contributed by atoms with Crippen molar-refractivity contribution in [3.8, 4) is 22.5 Å². The maximum atomic E-state index is 4.72. The molecule has 0 aliphatic heterocycles. The van der Waals surface area contributed by atoms with E-state index in [1.807, 2.05) is 10.7 Å². The molecule has 0 saturated heterocycles. The first-order valence-electron chi connectivity index (χ1n) is 10.6. The fourth-order valence-electron chi connectivity index (χ4n) is 4.11. The third kappa shape index (κ3) is 3.75. The Bertz CT molecular complexity index is 1150. The van der Waals surface area contributed by atoms with Gasteiger partial charge in [0.05, 0.1) is 11.4 Å². The molecule has 0 aliphatic carbocycles. The first-order chi connectivity index (χ1) is 14.3. The molecule has 2 N–H and O–H groups in total. The number of nitrogens with one attached hydrogen (secondary N) is 2.